The Balaban J connectivity index is 1.72. The quantitative estimate of drug-likeness (QED) is 0.187. The van der Waals surface area contributed by atoms with E-state index >= 15 is 0 Å². The fraction of sp³-hybridized carbons (Fsp3) is 0.351. The van der Waals surface area contributed by atoms with Crippen LogP contribution in [0.5, 0.6) is 0 Å². The number of benzene rings is 3. The molecule has 0 atom stereocenters. The van der Waals surface area contributed by atoms with Gasteiger partial charge in [0.25, 0.3) is 5.91 Å². The van der Waals surface area contributed by atoms with Crippen LogP contribution in [-0.4, -0.2) is 51.3 Å². The van der Waals surface area contributed by atoms with Gasteiger partial charge in [0.05, 0.1) is 23.6 Å². The third kappa shape index (κ3) is 7.00. The molecule has 0 unspecified atom stereocenters. The number of carbonyl (C=O) groups excluding carboxylic acids is 3. The molecular formula is C37H41N3O5. The van der Waals surface area contributed by atoms with E-state index in [4.69, 9.17) is 14.6 Å². The number of hydrogen-bond acceptors (Lipinski definition) is 6. The molecule has 0 bridgehead atoms. The summed E-state index contributed by atoms with van der Waals surface area (Å²) in [6, 6.07) is 22.8. The van der Waals surface area contributed by atoms with Crippen molar-refractivity contribution in [3.8, 4) is 16.8 Å². The van der Waals surface area contributed by atoms with E-state index in [1.165, 1.54) is 5.56 Å². The van der Waals surface area contributed by atoms with Crippen LogP contribution in [0.15, 0.2) is 72.8 Å². The Morgan fingerprint density at radius 2 is 1.60 bits per heavy atom. The van der Waals surface area contributed by atoms with Gasteiger partial charge in [-0.05, 0) is 87.9 Å². The predicted octanol–water partition coefficient (Wildman–Crippen LogP) is 7.21. The molecule has 3 aromatic carbocycles. The smallest absolute Gasteiger partial charge is 0.359 e. The molecule has 4 aromatic rings. The summed E-state index contributed by atoms with van der Waals surface area (Å²) < 4.78 is 12.9. The maximum absolute atomic E-state index is 14.5. The first-order valence-electron chi connectivity index (χ1n) is 15.7. The lowest BCUT2D eigenvalue weighted by Crippen LogP contribution is -2.36. The molecule has 8 nitrogen and oxygen atoms in total. The van der Waals surface area contributed by atoms with E-state index in [1.54, 1.807) is 55.5 Å². The summed E-state index contributed by atoms with van der Waals surface area (Å²) in [6.45, 7) is 10.4. The van der Waals surface area contributed by atoms with Crippen LogP contribution in [-0.2, 0) is 28.9 Å². The standard InChI is InChI=1S/C37H41N3O5/c1-6-8-18-31-32(33(36(43)44-7-2)38-40(31)28-16-10-9-11-17-28)29-20-19-26(35(42)45-37(3,4)5)23-30(29)34(41)39-22-21-25-14-12-13-15-27(25)24-39/h9-17,19-20,23H,6-8,18,21-22,24H2,1-5H3. The number of hydrogen-bond donors (Lipinski definition) is 0. The Bertz CT molecular complexity index is 1700. The highest BCUT2D eigenvalue weighted by atomic mass is 16.6. The molecule has 45 heavy (non-hydrogen) atoms. The Morgan fingerprint density at radius 1 is 0.889 bits per heavy atom. The molecule has 1 aliphatic rings. The van der Waals surface area contributed by atoms with Gasteiger partial charge in [-0.2, -0.15) is 5.10 Å². The lowest BCUT2D eigenvalue weighted by atomic mass is 9.92. The van der Waals surface area contributed by atoms with Gasteiger partial charge >= 0.3 is 11.9 Å². The van der Waals surface area contributed by atoms with Crippen LogP contribution in [0, 0.1) is 0 Å². The summed E-state index contributed by atoms with van der Waals surface area (Å²) in [5.41, 5.74) is 4.98. The molecule has 0 spiro atoms. The van der Waals surface area contributed by atoms with E-state index in [-0.39, 0.29) is 23.8 Å². The molecule has 0 N–H and O–H groups in total. The van der Waals surface area contributed by atoms with Gasteiger partial charge in [-0.15, -0.1) is 0 Å². The van der Waals surface area contributed by atoms with Gasteiger partial charge in [0.2, 0.25) is 0 Å². The maximum atomic E-state index is 14.5. The largest absolute Gasteiger partial charge is 0.461 e. The zero-order valence-electron chi connectivity index (χ0n) is 26.8. The summed E-state index contributed by atoms with van der Waals surface area (Å²) in [7, 11) is 0. The Kier molecular flexibility index (Phi) is 9.51. The number of fused-ring (bicyclic) bond motifs is 1. The van der Waals surface area contributed by atoms with Crippen LogP contribution in [0.3, 0.4) is 0 Å². The van der Waals surface area contributed by atoms with Crippen molar-refractivity contribution in [3.63, 3.8) is 0 Å². The lowest BCUT2D eigenvalue weighted by molar-refractivity contribution is 0.00692. The topological polar surface area (TPSA) is 90.7 Å². The van der Waals surface area contributed by atoms with Crippen molar-refractivity contribution in [2.24, 2.45) is 0 Å². The minimum Gasteiger partial charge on any atom is -0.461 e. The van der Waals surface area contributed by atoms with Crippen molar-refractivity contribution in [1.29, 1.82) is 0 Å². The van der Waals surface area contributed by atoms with Crippen molar-refractivity contribution >= 4 is 17.8 Å². The van der Waals surface area contributed by atoms with Gasteiger partial charge < -0.3 is 14.4 Å². The van der Waals surface area contributed by atoms with Crippen LogP contribution in [0.4, 0.5) is 0 Å². The number of ether oxygens (including phenoxy) is 2. The van der Waals surface area contributed by atoms with Gasteiger partial charge in [-0.3, -0.25) is 4.79 Å². The highest BCUT2D eigenvalue weighted by Gasteiger charge is 2.32. The second-order valence-corrected chi connectivity index (χ2v) is 12.2. The van der Waals surface area contributed by atoms with Crippen LogP contribution in [0.1, 0.15) is 95.5 Å². The van der Waals surface area contributed by atoms with E-state index in [9.17, 15) is 14.4 Å². The molecule has 0 fully saturated rings. The Hall–Kier alpha value is -4.72. The van der Waals surface area contributed by atoms with Crippen molar-refractivity contribution < 1.29 is 23.9 Å². The normalized spacial score (nSPS) is 12.9. The van der Waals surface area contributed by atoms with Gasteiger partial charge in [0, 0.05) is 24.2 Å². The monoisotopic (exact) mass is 607 g/mol. The number of unbranched alkanes of at least 4 members (excludes halogenated alkanes) is 1. The fourth-order valence-electron chi connectivity index (χ4n) is 5.68. The van der Waals surface area contributed by atoms with Gasteiger partial charge in [-0.1, -0.05) is 61.9 Å². The molecule has 1 aliphatic heterocycles. The Labute approximate surface area is 265 Å². The summed E-state index contributed by atoms with van der Waals surface area (Å²) in [6.07, 6.45) is 3.11. The van der Waals surface area contributed by atoms with Crippen molar-refractivity contribution in [2.45, 2.75) is 72.4 Å². The van der Waals surface area contributed by atoms with Crippen LogP contribution < -0.4 is 0 Å². The van der Waals surface area contributed by atoms with Gasteiger partial charge in [-0.25, -0.2) is 14.3 Å². The number of rotatable bonds is 9. The van der Waals surface area contributed by atoms with Crippen molar-refractivity contribution in [2.75, 3.05) is 13.2 Å². The average molecular weight is 608 g/mol. The average Bonchev–Trinajstić information content (AvgIpc) is 3.42. The fourth-order valence-corrected chi connectivity index (χ4v) is 5.68. The Morgan fingerprint density at radius 3 is 2.29 bits per heavy atom. The van der Waals surface area contributed by atoms with E-state index < -0.39 is 17.5 Å². The predicted molar refractivity (Wildman–Crippen MR) is 174 cm³/mol. The summed E-state index contributed by atoms with van der Waals surface area (Å²) in [4.78, 5) is 43.0. The number of para-hydroxylation sites is 1. The van der Waals surface area contributed by atoms with E-state index in [1.807, 2.05) is 48.5 Å². The summed E-state index contributed by atoms with van der Waals surface area (Å²) in [5.74, 6) is -1.32. The molecule has 0 aliphatic carbocycles. The van der Waals surface area contributed by atoms with Crippen molar-refractivity contribution in [1.82, 2.24) is 14.7 Å². The number of amides is 1. The van der Waals surface area contributed by atoms with E-state index in [0.29, 0.717) is 36.2 Å². The first kappa shape index (κ1) is 31.7. The van der Waals surface area contributed by atoms with Gasteiger partial charge in [0.1, 0.15) is 5.60 Å². The maximum Gasteiger partial charge on any atom is 0.359 e. The second kappa shape index (κ2) is 13.5. The third-order valence-electron chi connectivity index (χ3n) is 7.79. The first-order valence-corrected chi connectivity index (χ1v) is 15.7. The highest BCUT2D eigenvalue weighted by molar-refractivity contribution is 6.07. The van der Waals surface area contributed by atoms with E-state index in [2.05, 4.69) is 13.0 Å². The molecule has 8 heteroatoms. The molecule has 0 radical (unpaired) electrons. The van der Waals surface area contributed by atoms with Gasteiger partial charge in [0.15, 0.2) is 5.69 Å². The number of aromatic nitrogens is 2. The second-order valence-electron chi connectivity index (χ2n) is 12.2. The molecule has 2 heterocycles. The first-order chi connectivity index (χ1) is 21.6. The molecule has 234 valence electrons. The molecule has 1 aromatic heterocycles. The number of nitrogens with zero attached hydrogens (tertiary/aromatic N) is 3. The summed E-state index contributed by atoms with van der Waals surface area (Å²) in [5, 5.41) is 4.80. The minimum absolute atomic E-state index is 0.134. The van der Waals surface area contributed by atoms with Crippen LogP contribution in [0.25, 0.3) is 16.8 Å². The number of esters is 2. The number of carbonyl (C=O) groups is 3. The van der Waals surface area contributed by atoms with Crippen LogP contribution in [0.2, 0.25) is 0 Å². The molecular weight excluding hydrogens is 566 g/mol. The summed E-state index contributed by atoms with van der Waals surface area (Å²) >= 11 is 0. The zero-order chi connectivity index (χ0) is 32.1. The SMILES string of the molecule is CCCCc1c(-c2ccc(C(=O)OC(C)(C)C)cc2C(=O)N2CCc3ccccc3C2)c(C(=O)OCC)nn1-c1ccccc1. The third-order valence-corrected chi connectivity index (χ3v) is 7.79. The lowest BCUT2D eigenvalue weighted by Gasteiger charge is -2.30. The molecule has 1 amide bonds. The molecule has 5 rings (SSSR count). The molecule has 0 saturated carbocycles. The van der Waals surface area contributed by atoms with E-state index in [0.717, 1.165) is 36.2 Å². The van der Waals surface area contributed by atoms with Crippen molar-refractivity contribution in [3.05, 3.63) is 106 Å². The highest BCUT2D eigenvalue weighted by Crippen LogP contribution is 2.36. The minimum atomic E-state index is -0.711. The van der Waals surface area contributed by atoms with Crippen LogP contribution >= 0.6 is 0 Å². The molecule has 0 saturated heterocycles. The zero-order valence-corrected chi connectivity index (χ0v) is 26.8.